The first-order valence-electron chi connectivity index (χ1n) is 9.50. The van der Waals surface area contributed by atoms with Crippen LogP contribution in [0.1, 0.15) is 43.4 Å². The Morgan fingerprint density at radius 1 is 1.04 bits per heavy atom. The number of hydrogen-bond donors (Lipinski definition) is 1. The van der Waals surface area contributed by atoms with Crippen molar-refractivity contribution in [2.24, 2.45) is 0 Å². The number of nitrogens with one attached hydrogen (secondary N) is 1. The first kappa shape index (κ1) is 20.8. The predicted molar refractivity (Wildman–Crippen MR) is 111 cm³/mol. The molecule has 1 N–H and O–H groups in total. The summed E-state index contributed by atoms with van der Waals surface area (Å²) in [4.78, 5) is 12.6. The van der Waals surface area contributed by atoms with E-state index in [0.717, 1.165) is 30.4 Å². The van der Waals surface area contributed by atoms with Crippen LogP contribution in [-0.4, -0.2) is 31.7 Å². The normalized spacial score (nSPS) is 16.5. The smallest absolute Gasteiger partial charge is 0.243 e. The molecule has 0 saturated carbocycles. The van der Waals surface area contributed by atoms with Gasteiger partial charge in [0.05, 0.1) is 17.4 Å². The topological polar surface area (TPSA) is 66.5 Å². The number of carbonyl (C=O) groups is 1. The molecule has 1 aliphatic rings. The van der Waals surface area contributed by atoms with Crippen molar-refractivity contribution < 1.29 is 13.2 Å². The third-order valence-corrected chi connectivity index (χ3v) is 7.15. The minimum atomic E-state index is -3.44. The molecule has 0 spiro atoms. The van der Waals surface area contributed by atoms with Gasteiger partial charge in [0.25, 0.3) is 0 Å². The fraction of sp³-hybridized carbons (Fsp3) is 0.381. The Balaban J connectivity index is 1.60. The molecule has 0 bridgehead atoms. The molecule has 3 rings (SSSR count). The van der Waals surface area contributed by atoms with Crippen molar-refractivity contribution >= 4 is 27.5 Å². The summed E-state index contributed by atoms with van der Waals surface area (Å²) in [6.07, 6.45) is 3.09. The average Bonchev–Trinajstić information content (AvgIpc) is 2.69. The Kier molecular flexibility index (Phi) is 6.75. The van der Waals surface area contributed by atoms with Crippen LogP contribution in [0.4, 0.5) is 0 Å². The van der Waals surface area contributed by atoms with Crippen molar-refractivity contribution in [3.05, 3.63) is 64.7 Å². The van der Waals surface area contributed by atoms with Crippen LogP contribution in [0, 0.1) is 0 Å². The van der Waals surface area contributed by atoms with Gasteiger partial charge in [-0.25, -0.2) is 8.42 Å². The van der Waals surface area contributed by atoms with Gasteiger partial charge in [-0.3, -0.25) is 4.79 Å². The third kappa shape index (κ3) is 5.13. The van der Waals surface area contributed by atoms with E-state index in [1.807, 2.05) is 19.1 Å². The number of halogens is 1. The Morgan fingerprint density at radius 2 is 1.64 bits per heavy atom. The van der Waals surface area contributed by atoms with Crippen LogP contribution >= 0.6 is 11.6 Å². The van der Waals surface area contributed by atoms with Crippen LogP contribution in [0.5, 0.6) is 0 Å². The molecule has 7 heteroatoms. The van der Waals surface area contributed by atoms with Gasteiger partial charge in [-0.05, 0) is 55.2 Å². The highest BCUT2D eigenvalue weighted by Crippen LogP contribution is 2.21. The highest BCUT2D eigenvalue weighted by atomic mass is 35.5. The largest absolute Gasteiger partial charge is 0.349 e. The van der Waals surface area contributed by atoms with Crippen molar-refractivity contribution in [3.63, 3.8) is 0 Å². The van der Waals surface area contributed by atoms with E-state index >= 15 is 0 Å². The lowest BCUT2D eigenvalue weighted by atomic mass is 10.1. The SMILES string of the molecule is C[C@H](NC(=O)Cc1ccc(S(=O)(=O)N2CCCCC2)cc1)c1ccc(Cl)cc1. The minimum absolute atomic E-state index is 0.117. The highest BCUT2D eigenvalue weighted by Gasteiger charge is 2.25. The first-order valence-corrected chi connectivity index (χ1v) is 11.3. The van der Waals surface area contributed by atoms with E-state index in [1.54, 1.807) is 40.7 Å². The molecule has 1 amide bonds. The Bertz CT molecular complexity index is 906. The van der Waals surface area contributed by atoms with Gasteiger partial charge in [-0.2, -0.15) is 4.31 Å². The van der Waals surface area contributed by atoms with Crippen molar-refractivity contribution in [3.8, 4) is 0 Å². The second-order valence-corrected chi connectivity index (χ2v) is 9.50. The molecule has 2 aromatic rings. The lowest BCUT2D eigenvalue weighted by molar-refractivity contribution is -0.121. The summed E-state index contributed by atoms with van der Waals surface area (Å²) in [6, 6.07) is 13.8. The van der Waals surface area contributed by atoms with Gasteiger partial charge < -0.3 is 5.32 Å². The highest BCUT2D eigenvalue weighted by molar-refractivity contribution is 7.89. The van der Waals surface area contributed by atoms with Gasteiger partial charge in [0.2, 0.25) is 15.9 Å². The number of hydrogen-bond acceptors (Lipinski definition) is 3. The van der Waals surface area contributed by atoms with E-state index in [4.69, 9.17) is 11.6 Å². The van der Waals surface area contributed by atoms with Gasteiger partial charge in [-0.15, -0.1) is 0 Å². The summed E-state index contributed by atoms with van der Waals surface area (Å²) in [7, 11) is -3.44. The van der Waals surface area contributed by atoms with E-state index in [2.05, 4.69) is 5.32 Å². The fourth-order valence-corrected chi connectivity index (χ4v) is 4.99. The summed E-state index contributed by atoms with van der Waals surface area (Å²) in [5, 5.41) is 3.61. The molecule has 2 aromatic carbocycles. The minimum Gasteiger partial charge on any atom is -0.349 e. The van der Waals surface area contributed by atoms with Crippen LogP contribution in [0.15, 0.2) is 53.4 Å². The maximum atomic E-state index is 12.7. The van der Waals surface area contributed by atoms with Crippen molar-refractivity contribution in [1.29, 1.82) is 0 Å². The van der Waals surface area contributed by atoms with E-state index in [-0.39, 0.29) is 23.3 Å². The molecule has 0 aromatic heterocycles. The van der Waals surface area contributed by atoms with Gasteiger partial charge in [0.1, 0.15) is 0 Å². The summed E-state index contributed by atoms with van der Waals surface area (Å²) in [6.45, 7) is 3.07. The van der Waals surface area contributed by atoms with E-state index in [1.165, 1.54) is 0 Å². The molecule has 1 atom stereocenters. The first-order chi connectivity index (χ1) is 13.4. The molecule has 5 nitrogen and oxygen atoms in total. The van der Waals surface area contributed by atoms with Crippen LogP contribution in [-0.2, 0) is 21.2 Å². The monoisotopic (exact) mass is 420 g/mol. The molecule has 1 saturated heterocycles. The van der Waals surface area contributed by atoms with Crippen LogP contribution in [0.3, 0.4) is 0 Å². The molecule has 1 aliphatic heterocycles. The molecule has 28 heavy (non-hydrogen) atoms. The van der Waals surface area contributed by atoms with E-state index in [9.17, 15) is 13.2 Å². The summed E-state index contributed by atoms with van der Waals surface area (Å²) in [5.74, 6) is -0.117. The predicted octanol–water partition coefficient (Wildman–Crippen LogP) is 3.93. The second kappa shape index (κ2) is 9.07. The second-order valence-electron chi connectivity index (χ2n) is 7.13. The van der Waals surface area contributed by atoms with Gasteiger partial charge >= 0.3 is 0 Å². The van der Waals surface area contributed by atoms with Crippen LogP contribution in [0.2, 0.25) is 5.02 Å². The molecule has 150 valence electrons. The average molecular weight is 421 g/mol. The lowest BCUT2D eigenvalue weighted by Crippen LogP contribution is -2.35. The molecular formula is C21H25ClN2O3S. The van der Waals surface area contributed by atoms with Gasteiger partial charge in [0, 0.05) is 18.1 Å². The van der Waals surface area contributed by atoms with Crippen molar-refractivity contribution in [2.45, 2.75) is 43.5 Å². The van der Waals surface area contributed by atoms with E-state index in [0.29, 0.717) is 18.1 Å². The molecule has 0 radical (unpaired) electrons. The zero-order valence-electron chi connectivity index (χ0n) is 15.9. The van der Waals surface area contributed by atoms with Gasteiger partial charge in [0.15, 0.2) is 0 Å². The number of rotatable bonds is 6. The molecule has 0 aliphatic carbocycles. The zero-order chi connectivity index (χ0) is 20.1. The Labute approximate surface area is 171 Å². The summed E-state index contributed by atoms with van der Waals surface area (Å²) in [5.41, 5.74) is 1.75. The van der Waals surface area contributed by atoms with Crippen LogP contribution in [0.25, 0.3) is 0 Å². The van der Waals surface area contributed by atoms with Crippen LogP contribution < -0.4 is 5.32 Å². The molecule has 1 heterocycles. The third-order valence-electron chi connectivity index (χ3n) is 4.99. The number of amides is 1. The van der Waals surface area contributed by atoms with E-state index < -0.39 is 10.0 Å². The molecule has 0 unspecified atom stereocenters. The standard InChI is InChI=1S/C21H25ClN2O3S/c1-16(18-7-9-19(22)10-8-18)23-21(25)15-17-5-11-20(12-6-17)28(26,27)24-13-3-2-4-14-24/h5-12,16H,2-4,13-15H2,1H3,(H,23,25)/t16-/m0/s1. The van der Waals surface area contributed by atoms with Gasteiger partial charge in [-0.1, -0.05) is 42.3 Å². The number of sulfonamides is 1. The maximum absolute atomic E-state index is 12.7. The summed E-state index contributed by atoms with van der Waals surface area (Å²) < 4.78 is 26.9. The quantitative estimate of drug-likeness (QED) is 0.769. The number of benzene rings is 2. The lowest BCUT2D eigenvalue weighted by Gasteiger charge is -2.25. The Morgan fingerprint density at radius 3 is 2.25 bits per heavy atom. The number of piperidine rings is 1. The number of carbonyl (C=O) groups excluding carboxylic acids is 1. The zero-order valence-corrected chi connectivity index (χ0v) is 17.5. The molecular weight excluding hydrogens is 396 g/mol. The van der Waals surface area contributed by atoms with Crippen molar-refractivity contribution in [1.82, 2.24) is 9.62 Å². The summed E-state index contributed by atoms with van der Waals surface area (Å²) >= 11 is 5.89. The Hall–Kier alpha value is -1.89. The fourth-order valence-electron chi connectivity index (χ4n) is 3.35. The van der Waals surface area contributed by atoms with Crippen molar-refractivity contribution in [2.75, 3.05) is 13.1 Å². The maximum Gasteiger partial charge on any atom is 0.243 e. The number of nitrogens with zero attached hydrogens (tertiary/aromatic N) is 1. The molecule has 1 fully saturated rings.